The predicted octanol–water partition coefficient (Wildman–Crippen LogP) is 4.00. The zero-order valence-corrected chi connectivity index (χ0v) is 19.4. The molecular weight excluding hydrogens is 416 g/mol. The smallest absolute Gasteiger partial charge is 0.223 e. The fourth-order valence-electron chi connectivity index (χ4n) is 4.12. The maximum Gasteiger partial charge on any atom is 0.223 e. The van der Waals surface area contributed by atoms with Gasteiger partial charge in [-0.15, -0.1) is 0 Å². The third-order valence-electron chi connectivity index (χ3n) is 6.13. The summed E-state index contributed by atoms with van der Waals surface area (Å²) in [6.07, 6.45) is 3.18. The number of aryl methyl sites for hydroxylation is 1. The fraction of sp³-hybridized carbons (Fsp3) is 0.346. The lowest BCUT2D eigenvalue weighted by Gasteiger charge is -2.32. The molecule has 7 heteroatoms. The van der Waals surface area contributed by atoms with Crippen molar-refractivity contribution in [2.75, 3.05) is 32.2 Å². The quantitative estimate of drug-likeness (QED) is 0.591. The fourth-order valence-corrected chi connectivity index (χ4v) is 4.12. The van der Waals surface area contributed by atoms with Crippen LogP contribution >= 0.6 is 0 Å². The van der Waals surface area contributed by atoms with Crippen LogP contribution in [-0.2, 0) is 11.3 Å². The molecule has 1 aromatic heterocycles. The molecule has 0 radical (unpaired) electrons. The minimum Gasteiger partial charge on any atom is -0.497 e. The Labute approximate surface area is 194 Å². The number of carbonyl (C=O) groups is 1. The van der Waals surface area contributed by atoms with Gasteiger partial charge in [-0.05, 0) is 38.0 Å². The first-order valence-corrected chi connectivity index (χ1v) is 11.2. The highest BCUT2D eigenvalue weighted by Gasteiger charge is 2.26. The summed E-state index contributed by atoms with van der Waals surface area (Å²) in [6, 6.07) is 15.9. The number of rotatable bonds is 7. The summed E-state index contributed by atoms with van der Waals surface area (Å²) >= 11 is 0. The number of aromatic nitrogens is 2. The van der Waals surface area contributed by atoms with Crippen LogP contribution in [0.5, 0.6) is 11.5 Å². The molecule has 7 nitrogen and oxygen atoms in total. The lowest BCUT2D eigenvalue weighted by Crippen LogP contribution is -2.40. The zero-order valence-electron chi connectivity index (χ0n) is 19.4. The monoisotopic (exact) mass is 446 g/mol. The number of ether oxygens (including phenoxy) is 2. The van der Waals surface area contributed by atoms with E-state index in [4.69, 9.17) is 9.47 Å². The summed E-state index contributed by atoms with van der Waals surface area (Å²) in [5, 5.41) is 3.07. The van der Waals surface area contributed by atoms with Gasteiger partial charge in [0.1, 0.15) is 23.6 Å². The Balaban J connectivity index is 1.34. The van der Waals surface area contributed by atoms with Gasteiger partial charge in [0.2, 0.25) is 5.91 Å². The number of piperidine rings is 1. The number of nitrogens with one attached hydrogen (secondary N) is 1. The molecule has 1 saturated heterocycles. The first-order chi connectivity index (χ1) is 16.1. The standard InChI is InChI=1S/C26H30N4O3/c1-18-4-6-19(7-5-18)23-15-25(29-17-28-23)30-12-10-20(11-13-30)26(31)27-16-21-14-22(32-2)8-9-24(21)33-3/h4-9,14-15,17,20H,10-13,16H2,1-3H3,(H,27,31). The summed E-state index contributed by atoms with van der Waals surface area (Å²) in [6.45, 7) is 4.05. The third-order valence-corrected chi connectivity index (χ3v) is 6.13. The Kier molecular flexibility index (Phi) is 7.07. The van der Waals surface area contributed by atoms with E-state index in [0.29, 0.717) is 6.54 Å². The van der Waals surface area contributed by atoms with Crippen LogP contribution in [0.2, 0.25) is 0 Å². The van der Waals surface area contributed by atoms with Crippen molar-refractivity contribution in [2.45, 2.75) is 26.3 Å². The highest BCUT2D eigenvalue weighted by atomic mass is 16.5. The molecule has 33 heavy (non-hydrogen) atoms. The summed E-state index contributed by atoms with van der Waals surface area (Å²) in [5.74, 6) is 2.43. The normalized spacial score (nSPS) is 14.1. The molecule has 0 saturated carbocycles. The van der Waals surface area contributed by atoms with Gasteiger partial charge in [0, 0.05) is 42.7 Å². The van der Waals surface area contributed by atoms with Gasteiger partial charge < -0.3 is 19.7 Å². The van der Waals surface area contributed by atoms with E-state index in [1.807, 2.05) is 24.3 Å². The van der Waals surface area contributed by atoms with E-state index >= 15 is 0 Å². The first kappa shape index (κ1) is 22.6. The molecular formula is C26H30N4O3. The van der Waals surface area contributed by atoms with Gasteiger partial charge in [-0.25, -0.2) is 9.97 Å². The maximum absolute atomic E-state index is 12.8. The molecule has 2 heterocycles. The van der Waals surface area contributed by atoms with Gasteiger partial charge in [-0.3, -0.25) is 4.79 Å². The van der Waals surface area contributed by atoms with E-state index in [2.05, 4.69) is 51.4 Å². The van der Waals surface area contributed by atoms with Gasteiger partial charge in [0.05, 0.1) is 19.9 Å². The minimum absolute atomic E-state index is 0.0174. The molecule has 1 aliphatic rings. The van der Waals surface area contributed by atoms with Crippen LogP contribution in [-0.4, -0.2) is 43.2 Å². The Hall–Kier alpha value is -3.61. The Morgan fingerprint density at radius 2 is 1.79 bits per heavy atom. The van der Waals surface area contributed by atoms with Crippen molar-refractivity contribution in [3.63, 3.8) is 0 Å². The maximum atomic E-state index is 12.8. The zero-order chi connectivity index (χ0) is 23.2. The Morgan fingerprint density at radius 1 is 1.03 bits per heavy atom. The number of hydrogen-bond acceptors (Lipinski definition) is 6. The second-order valence-corrected chi connectivity index (χ2v) is 8.28. The van der Waals surface area contributed by atoms with Crippen LogP contribution < -0.4 is 19.7 Å². The van der Waals surface area contributed by atoms with Gasteiger partial charge in [-0.1, -0.05) is 29.8 Å². The minimum atomic E-state index is -0.0174. The molecule has 0 bridgehead atoms. The van der Waals surface area contributed by atoms with Gasteiger partial charge in [-0.2, -0.15) is 0 Å². The number of anilines is 1. The molecule has 0 aliphatic carbocycles. The van der Waals surface area contributed by atoms with Crippen molar-refractivity contribution in [3.8, 4) is 22.8 Å². The van der Waals surface area contributed by atoms with Crippen LogP contribution in [0.1, 0.15) is 24.0 Å². The van der Waals surface area contributed by atoms with E-state index in [1.54, 1.807) is 20.5 Å². The van der Waals surface area contributed by atoms with E-state index in [9.17, 15) is 4.79 Å². The largest absolute Gasteiger partial charge is 0.497 e. The van der Waals surface area contributed by atoms with E-state index in [-0.39, 0.29) is 11.8 Å². The highest BCUT2D eigenvalue weighted by molar-refractivity contribution is 5.79. The SMILES string of the molecule is COc1ccc(OC)c(CNC(=O)C2CCN(c3cc(-c4ccc(C)cc4)ncn3)CC2)c1. The van der Waals surface area contributed by atoms with Crippen molar-refractivity contribution >= 4 is 11.7 Å². The van der Waals surface area contributed by atoms with Crippen LogP contribution in [0.4, 0.5) is 5.82 Å². The summed E-state index contributed by atoms with van der Waals surface area (Å²) in [7, 11) is 3.25. The molecule has 2 aromatic carbocycles. The average Bonchev–Trinajstić information content (AvgIpc) is 2.87. The number of carbonyl (C=O) groups excluding carboxylic acids is 1. The number of hydrogen-bond donors (Lipinski definition) is 1. The van der Waals surface area contributed by atoms with Crippen molar-refractivity contribution in [3.05, 3.63) is 66.0 Å². The van der Waals surface area contributed by atoms with Crippen LogP contribution in [0, 0.1) is 12.8 Å². The van der Waals surface area contributed by atoms with Gasteiger partial charge >= 0.3 is 0 Å². The lowest BCUT2D eigenvalue weighted by molar-refractivity contribution is -0.125. The van der Waals surface area contributed by atoms with Crippen LogP contribution in [0.25, 0.3) is 11.3 Å². The first-order valence-electron chi connectivity index (χ1n) is 11.2. The molecule has 1 amide bonds. The molecule has 1 N–H and O–H groups in total. The van der Waals surface area contributed by atoms with Crippen LogP contribution in [0.15, 0.2) is 54.9 Å². The number of amides is 1. The molecule has 0 atom stereocenters. The molecule has 4 rings (SSSR count). The lowest BCUT2D eigenvalue weighted by atomic mass is 9.95. The Bertz CT molecular complexity index is 1090. The van der Waals surface area contributed by atoms with E-state index in [1.165, 1.54) is 5.56 Å². The third kappa shape index (κ3) is 5.42. The second-order valence-electron chi connectivity index (χ2n) is 8.28. The van der Waals surface area contributed by atoms with Gasteiger partial charge in [0.15, 0.2) is 0 Å². The number of methoxy groups -OCH3 is 2. The van der Waals surface area contributed by atoms with Crippen molar-refractivity contribution in [1.82, 2.24) is 15.3 Å². The summed E-state index contributed by atoms with van der Waals surface area (Å²) < 4.78 is 10.7. The van der Waals surface area contributed by atoms with Crippen molar-refractivity contribution < 1.29 is 14.3 Å². The van der Waals surface area contributed by atoms with E-state index in [0.717, 1.165) is 60.1 Å². The van der Waals surface area contributed by atoms with Crippen LogP contribution in [0.3, 0.4) is 0 Å². The average molecular weight is 447 g/mol. The van der Waals surface area contributed by atoms with Crippen molar-refractivity contribution in [2.24, 2.45) is 5.92 Å². The second kappa shape index (κ2) is 10.3. The molecule has 1 fully saturated rings. The van der Waals surface area contributed by atoms with E-state index < -0.39 is 0 Å². The molecule has 172 valence electrons. The molecule has 0 spiro atoms. The topological polar surface area (TPSA) is 76.6 Å². The molecule has 3 aromatic rings. The highest BCUT2D eigenvalue weighted by Crippen LogP contribution is 2.27. The molecule has 0 unspecified atom stereocenters. The summed E-state index contributed by atoms with van der Waals surface area (Å²) in [4.78, 5) is 24.0. The number of benzene rings is 2. The summed E-state index contributed by atoms with van der Waals surface area (Å²) in [5.41, 5.74) is 4.10. The van der Waals surface area contributed by atoms with Crippen molar-refractivity contribution in [1.29, 1.82) is 0 Å². The Morgan fingerprint density at radius 3 is 2.48 bits per heavy atom. The predicted molar refractivity (Wildman–Crippen MR) is 129 cm³/mol. The van der Waals surface area contributed by atoms with Gasteiger partial charge in [0.25, 0.3) is 0 Å². The number of nitrogens with zero attached hydrogens (tertiary/aromatic N) is 3. The molecule has 1 aliphatic heterocycles.